The highest BCUT2D eigenvalue weighted by Crippen LogP contribution is 2.36. The minimum absolute atomic E-state index is 0.194. The Labute approximate surface area is 127 Å². The molecule has 0 aliphatic carbocycles. The molecular weight excluding hydrogens is 297 g/mol. The van der Waals surface area contributed by atoms with Crippen molar-refractivity contribution in [1.82, 2.24) is 0 Å². The first-order chi connectivity index (χ1) is 9.65. The minimum atomic E-state index is 0.194. The van der Waals surface area contributed by atoms with Gasteiger partial charge in [-0.2, -0.15) is 0 Å². The van der Waals surface area contributed by atoms with Crippen LogP contribution in [0.5, 0.6) is 11.5 Å². The van der Waals surface area contributed by atoms with Crippen LogP contribution in [0.1, 0.15) is 11.5 Å². The maximum atomic E-state index is 5.97. The van der Waals surface area contributed by atoms with E-state index in [0.29, 0.717) is 34.7 Å². The Morgan fingerprint density at radius 1 is 1.20 bits per heavy atom. The smallest absolute Gasteiger partial charge is 0.143 e. The average molecular weight is 310 g/mol. The van der Waals surface area contributed by atoms with E-state index in [2.05, 4.69) is 6.07 Å². The van der Waals surface area contributed by atoms with E-state index < -0.39 is 0 Å². The third kappa shape index (κ3) is 2.51. The molecule has 1 atom stereocenters. The van der Waals surface area contributed by atoms with Gasteiger partial charge in [-0.15, -0.1) is 0 Å². The molecule has 0 spiro atoms. The number of nitrogens with two attached hydrogens (primary N) is 1. The molecule has 5 heteroatoms. The van der Waals surface area contributed by atoms with Crippen LogP contribution in [0.25, 0.3) is 0 Å². The highest BCUT2D eigenvalue weighted by atomic mass is 35.5. The SMILES string of the molecule is Nc1cc(Cl)c(Cl)cc1OCC1COc2ccccc21. The Morgan fingerprint density at radius 3 is 2.80 bits per heavy atom. The average Bonchev–Trinajstić information content (AvgIpc) is 2.85. The van der Waals surface area contributed by atoms with Crippen LogP contribution in [0, 0.1) is 0 Å². The number of ether oxygens (including phenoxy) is 2. The molecule has 0 fully saturated rings. The number of hydrogen-bond donors (Lipinski definition) is 1. The van der Waals surface area contributed by atoms with Crippen molar-refractivity contribution >= 4 is 28.9 Å². The van der Waals surface area contributed by atoms with Gasteiger partial charge in [0.25, 0.3) is 0 Å². The Bertz CT molecular complexity index is 646. The maximum absolute atomic E-state index is 5.97. The molecule has 0 aromatic heterocycles. The van der Waals surface area contributed by atoms with Crippen LogP contribution >= 0.6 is 23.2 Å². The van der Waals surface area contributed by atoms with Crippen LogP contribution in [-0.2, 0) is 0 Å². The molecule has 2 N–H and O–H groups in total. The molecule has 2 aromatic carbocycles. The van der Waals surface area contributed by atoms with E-state index in [1.165, 1.54) is 0 Å². The molecule has 104 valence electrons. The van der Waals surface area contributed by atoms with Crippen LogP contribution < -0.4 is 15.2 Å². The molecule has 1 aliphatic rings. The lowest BCUT2D eigenvalue weighted by molar-refractivity contribution is 0.249. The van der Waals surface area contributed by atoms with Gasteiger partial charge < -0.3 is 15.2 Å². The summed E-state index contributed by atoms with van der Waals surface area (Å²) in [6, 6.07) is 11.2. The molecule has 0 radical (unpaired) electrons. The number of para-hydroxylation sites is 1. The molecule has 1 aliphatic heterocycles. The minimum Gasteiger partial charge on any atom is -0.493 e. The second-order valence-corrected chi connectivity index (χ2v) is 5.48. The molecule has 2 aromatic rings. The summed E-state index contributed by atoms with van der Waals surface area (Å²) in [5, 5.41) is 0.852. The second kappa shape index (κ2) is 5.43. The van der Waals surface area contributed by atoms with E-state index in [4.69, 9.17) is 38.4 Å². The molecule has 3 rings (SSSR count). The predicted octanol–water partition coefficient (Wildman–Crippen LogP) is 4.13. The Balaban J connectivity index is 1.74. The van der Waals surface area contributed by atoms with Crippen molar-refractivity contribution in [1.29, 1.82) is 0 Å². The zero-order valence-corrected chi connectivity index (χ0v) is 12.1. The fraction of sp³-hybridized carbons (Fsp3) is 0.200. The number of halogens is 2. The van der Waals surface area contributed by atoms with E-state index in [-0.39, 0.29) is 5.92 Å². The summed E-state index contributed by atoms with van der Waals surface area (Å²) in [4.78, 5) is 0. The maximum Gasteiger partial charge on any atom is 0.143 e. The third-order valence-electron chi connectivity index (χ3n) is 3.29. The standard InChI is InChI=1S/C15H13Cl2NO2/c16-11-5-13(18)15(6-12(11)17)20-8-9-7-19-14-4-2-1-3-10(9)14/h1-6,9H,7-8,18H2. The topological polar surface area (TPSA) is 44.5 Å². The second-order valence-electron chi connectivity index (χ2n) is 4.66. The number of anilines is 1. The highest BCUT2D eigenvalue weighted by molar-refractivity contribution is 6.42. The molecular formula is C15H13Cl2NO2. The van der Waals surface area contributed by atoms with Crippen molar-refractivity contribution in [2.24, 2.45) is 0 Å². The van der Waals surface area contributed by atoms with Crippen LogP contribution in [0.15, 0.2) is 36.4 Å². The zero-order valence-electron chi connectivity index (χ0n) is 10.6. The van der Waals surface area contributed by atoms with Crippen molar-refractivity contribution in [2.45, 2.75) is 5.92 Å². The molecule has 0 saturated heterocycles. The predicted molar refractivity (Wildman–Crippen MR) is 81.0 cm³/mol. The van der Waals surface area contributed by atoms with Crippen LogP contribution in [-0.4, -0.2) is 13.2 Å². The fourth-order valence-electron chi connectivity index (χ4n) is 2.23. The van der Waals surface area contributed by atoms with Crippen LogP contribution in [0.4, 0.5) is 5.69 Å². The molecule has 1 unspecified atom stereocenters. The van der Waals surface area contributed by atoms with Gasteiger partial charge in [0.05, 0.1) is 34.9 Å². The van der Waals surface area contributed by atoms with Crippen molar-refractivity contribution in [2.75, 3.05) is 18.9 Å². The normalized spacial score (nSPS) is 16.6. The first kappa shape index (κ1) is 13.4. The van der Waals surface area contributed by atoms with E-state index >= 15 is 0 Å². The summed E-state index contributed by atoms with van der Waals surface area (Å²) in [6.07, 6.45) is 0. The van der Waals surface area contributed by atoms with Gasteiger partial charge in [0.1, 0.15) is 11.5 Å². The molecule has 0 saturated carbocycles. The molecule has 1 heterocycles. The van der Waals surface area contributed by atoms with Crippen LogP contribution in [0.3, 0.4) is 0 Å². The van der Waals surface area contributed by atoms with Gasteiger partial charge in [0.2, 0.25) is 0 Å². The summed E-state index contributed by atoms with van der Waals surface area (Å²) >= 11 is 11.9. The van der Waals surface area contributed by atoms with Crippen LogP contribution in [0.2, 0.25) is 10.0 Å². The molecule has 0 amide bonds. The summed E-state index contributed by atoms with van der Waals surface area (Å²) in [6.45, 7) is 1.10. The number of hydrogen-bond acceptors (Lipinski definition) is 3. The monoisotopic (exact) mass is 309 g/mol. The van der Waals surface area contributed by atoms with Gasteiger partial charge in [-0.05, 0) is 12.1 Å². The van der Waals surface area contributed by atoms with Gasteiger partial charge in [-0.3, -0.25) is 0 Å². The molecule has 3 nitrogen and oxygen atoms in total. The quantitative estimate of drug-likeness (QED) is 0.867. The van der Waals surface area contributed by atoms with Gasteiger partial charge in [0.15, 0.2) is 0 Å². The first-order valence-corrected chi connectivity index (χ1v) is 7.00. The van der Waals surface area contributed by atoms with Gasteiger partial charge in [-0.1, -0.05) is 41.4 Å². The number of benzene rings is 2. The summed E-state index contributed by atoms with van der Waals surface area (Å²) in [5.41, 5.74) is 7.51. The lowest BCUT2D eigenvalue weighted by Gasteiger charge is -2.13. The van der Waals surface area contributed by atoms with E-state index in [9.17, 15) is 0 Å². The van der Waals surface area contributed by atoms with Crippen molar-refractivity contribution < 1.29 is 9.47 Å². The number of nitrogen functional groups attached to an aromatic ring is 1. The fourth-order valence-corrected chi connectivity index (χ4v) is 2.55. The highest BCUT2D eigenvalue weighted by Gasteiger charge is 2.24. The van der Waals surface area contributed by atoms with E-state index in [1.807, 2.05) is 18.2 Å². The largest absolute Gasteiger partial charge is 0.493 e. The molecule has 0 bridgehead atoms. The van der Waals surface area contributed by atoms with Gasteiger partial charge in [-0.25, -0.2) is 0 Å². The van der Waals surface area contributed by atoms with Crippen molar-refractivity contribution in [3.63, 3.8) is 0 Å². The lowest BCUT2D eigenvalue weighted by Crippen LogP contribution is -2.12. The Hall–Kier alpha value is -1.58. The third-order valence-corrected chi connectivity index (χ3v) is 4.01. The number of rotatable bonds is 3. The first-order valence-electron chi connectivity index (χ1n) is 6.24. The van der Waals surface area contributed by atoms with Gasteiger partial charge >= 0.3 is 0 Å². The summed E-state index contributed by atoms with van der Waals surface area (Å²) in [5.74, 6) is 1.66. The number of fused-ring (bicyclic) bond motifs is 1. The summed E-state index contributed by atoms with van der Waals surface area (Å²) in [7, 11) is 0. The Morgan fingerprint density at radius 2 is 1.95 bits per heavy atom. The van der Waals surface area contributed by atoms with Crippen molar-refractivity contribution in [3.8, 4) is 11.5 Å². The van der Waals surface area contributed by atoms with E-state index in [1.54, 1.807) is 12.1 Å². The van der Waals surface area contributed by atoms with E-state index in [0.717, 1.165) is 11.3 Å². The molecule has 20 heavy (non-hydrogen) atoms. The summed E-state index contributed by atoms with van der Waals surface area (Å²) < 4.78 is 11.4. The Kier molecular flexibility index (Phi) is 3.64. The van der Waals surface area contributed by atoms with Gasteiger partial charge in [0, 0.05) is 11.6 Å². The lowest BCUT2D eigenvalue weighted by atomic mass is 10.0. The zero-order chi connectivity index (χ0) is 14.1. The van der Waals surface area contributed by atoms with Crippen molar-refractivity contribution in [3.05, 3.63) is 52.0 Å².